The van der Waals surface area contributed by atoms with Crippen LogP contribution in [0.1, 0.15) is 17.8 Å². The minimum absolute atomic E-state index is 0.716. The lowest BCUT2D eigenvalue weighted by Crippen LogP contribution is -2.01. The van der Waals surface area contributed by atoms with E-state index in [4.69, 9.17) is 5.73 Å². The Morgan fingerprint density at radius 2 is 2.29 bits per heavy atom. The van der Waals surface area contributed by atoms with Gasteiger partial charge >= 0.3 is 0 Å². The summed E-state index contributed by atoms with van der Waals surface area (Å²) in [5.41, 5.74) is 7.66. The lowest BCUT2D eigenvalue weighted by Gasteiger charge is -2.01. The Labute approximate surface area is 82.8 Å². The monoisotopic (exact) mass is 190 g/mol. The van der Waals surface area contributed by atoms with Gasteiger partial charge in [0.05, 0.1) is 0 Å². The van der Waals surface area contributed by atoms with E-state index in [2.05, 4.69) is 16.3 Å². The summed E-state index contributed by atoms with van der Waals surface area (Å²) in [6.07, 6.45) is 3.95. The second-order valence-corrected chi connectivity index (χ2v) is 3.37. The number of nitrogens with zero attached hydrogens (tertiary/aromatic N) is 3. The van der Waals surface area contributed by atoms with Gasteiger partial charge in [0, 0.05) is 6.20 Å². The van der Waals surface area contributed by atoms with Gasteiger partial charge in [-0.15, -0.1) is 10.2 Å². The summed E-state index contributed by atoms with van der Waals surface area (Å²) < 4.78 is 2.01. The predicted molar refractivity (Wildman–Crippen MR) is 55.1 cm³/mol. The molecular formula is C10H14N4. The minimum atomic E-state index is 0.716. The Balaban J connectivity index is 2.44. The van der Waals surface area contributed by atoms with Crippen LogP contribution in [0.4, 0.5) is 0 Å². The molecule has 0 fully saturated rings. The van der Waals surface area contributed by atoms with Crippen LogP contribution in [0, 0.1) is 6.92 Å². The zero-order valence-corrected chi connectivity index (χ0v) is 8.27. The van der Waals surface area contributed by atoms with Gasteiger partial charge in [-0.25, -0.2) is 0 Å². The molecule has 2 N–H and O–H groups in total. The number of pyridine rings is 1. The van der Waals surface area contributed by atoms with Crippen molar-refractivity contribution in [3.8, 4) is 0 Å². The molecule has 2 aromatic rings. The first kappa shape index (κ1) is 9.15. The second-order valence-electron chi connectivity index (χ2n) is 3.37. The number of fused-ring (bicyclic) bond motifs is 1. The molecule has 0 spiro atoms. The van der Waals surface area contributed by atoms with Crippen LogP contribution in [0.15, 0.2) is 18.3 Å². The molecule has 0 aliphatic heterocycles. The molecule has 2 rings (SSSR count). The van der Waals surface area contributed by atoms with Crippen molar-refractivity contribution in [1.82, 2.24) is 14.6 Å². The molecule has 0 aromatic carbocycles. The van der Waals surface area contributed by atoms with Crippen LogP contribution in [0.3, 0.4) is 0 Å². The molecule has 4 heteroatoms. The standard InChI is InChI=1S/C10H14N4/c1-8-12-13-10-9(4-2-6-11)5-3-7-14(8)10/h3,5,7H,2,4,6,11H2,1H3. The van der Waals surface area contributed by atoms with Crippen molar-refractivity contribution in [2.45, 2.75) is 19.8 Å². The van der Waals surface area contributed by atoms with Gasteiger partial charge in [-0.3, -0.25) is 4.40 Å². The summed E-state index contributed by atoms with van der Waals surface area (Å²) in [6.45, 7) is 2.67. The van der Waals surface area contributed by atoms with Gasteiger partial charge < -0.3 is 5.73 Å². The fraction of sp³-hybridized carbons (Fsp3) is 0.400. The van der Waals surface area contributed by atoms with E-state index in [1.54, 1.807) is 0 Å². The molecule has 0 saturated carbocycles. The van der Waals surface area contributed by atoms with Crippen LogP contribution in [0.5, 0.6) is 0 Å². The quantitative estimate of drug-likeness (QED) is 0.783. The second kappa shape index (κ2) is 3.75. The van der Waals surface area contributed by atoms with E-state index in [0.717, 1.165) is 24.3 Å². The molecule has 0 amide bonds. The smallest absolute Gasteiger partial charge is 0.163 e. The molecule has 0 radical (unpaired) electrons. The Morgan fingerprint density at radius 1 is 1.43 bits per heavy atom. The van der Waals surface area contributed by atoms with Gasteiger partial charge in [-0.2, -0.15) is 0 Å². The summed E-state index contributed by atoms with van der Waals surface area (Å²) in [7, 11) is 0. The van der Waals surface area contributed by atoms with Crippen molar-refractivity contribution in [2.75, 3.05) is 6.54 Å². The molecule has 14 heavy (non-hydrogen) atoms. The predicted octanol–water partition coefficient (Wildman–Crippen LogP) is 0.929. The maximum Gasteiger partial charge on any atom is 0.163 e. The van der Waals surface area contributed by atoms with E-state index in [-0.39, 0.29) is 0 Å². The number of hydrogen-bond donors (Lipinski definition) is 1. The van der Waals surface area contributed by atoms with Crippen molar-refractivity contribution >= 4 is 5.65 Å². The highest BCUT2D eigenvalue weighted by molar-refractivity contribution is 5.47. The van der Waals surface area contributed by atoms with Crippen molar-refractivity contribution in [3.05, 3.63) is 29.7 Å². The fourth-order valence-electron chi connectivity index (χ4n) is 1.57. The third-order valence-electron chi connectivity index (χ3n) is 2.34. The van der Waals surface area contributed by atoms with E-state index in [1.165, 1.54) is 5.56 Å². The van der Waals surface area contributed by atoms with Gasteiger partial charge in [0.2, 0.25) is 0 Å². The zero-order valence-electron chi connectivity index (χ0n) is 8.27. The topological polar surface area (TPSA) is 56.2 Å². The third kappa shape index (κ3) is 1.48. The van der Waals surface area contributed by atoms with Gasteiger partial charge in [0.1, 0.15) is 5.82 Å². The van der Waals surface area contributed by atoms with Gasteiger partial charge in [-0.05, 0) is 37.9 Å². The zero-order chi connectivity index (χ0) is 9.97. The summed E-state index contributed by atoms with van der Waals surface area (Å²) in [5.74, 6) is 0.926. The number of aryl methyl sites for hydroxylation is 2. The van der Waals surface area contributed by atoms with Crippen LogP contribution < -0.4 is 5.73 Å². The molecule has 4 nitrogen and oxygen atoms in total. The first-order chi connectivity index (χ1) is 6.83. The summed E-state index contributed by atoms with van der Waals surface area (Å²) in [4.78, 5) is 0. The highest BCUT2D eigenvalue weighted by atomic mass is 15.2. The van der Waals surface area contributed by atoms with Crippen LogP contribution in [-0.4, -0.2) is 21.1 Å². The molecule has 74 valence electrons. The molecule has 0 saturated heterocycles. The van der Waals surface area contributed by atoms with Crippen LogP contribution >= 0.6 is 0 Å². The van der Waals surface area contributed by atoms with Crippen molar-refractivity contribution < 1.29 is 0 Å². The normalized spacial score (nSPS) is 11.0. The van der Waals surface area contributed by atoms with Gasteiger partial charge in [-0.1, -0.05) is 6.07 Å². The maximum atomic E-state index is 5.48. The maximum absolute atomic E-state index is 5.48. The molecule has 2 aromatic heterocycles. The molecule has 0 aliphatic rings. The highest BCUT2D eigenvalue weighted by Gasteiger charge is 2.04. The average Bonchev–Trinajstić information content (AvgIpc) is 2.58. The summed E-state index contributed by atoms with van der Waals surface area (Å²) in [6, 6.07) is 4.11. The fourth-order valence-corrected chi connectivity index (χ4v) is 1.57. The molecule has 0 bridgehead atoms. The van der Waals surface area contributed by atoms with Gasteiger partial charge in [0.25, 0.3) is 0 Å². The molecule has 0 atom stereocenters. The lowest BCUT2D eigenvalue weighted by molar-refractivity contribution is 0.830. The number of aromatic nitrogens is 3. The first-order valence-electron chi connectivity index (χ1n) is 4.82. The van der Waals surface area contributed by atoms with Crippen molar-refractivity contribution in [3.63, 3.8) is 0 Å². The Hall–Kier alpha value is -1.42. The summed E-state index contributed by atoms with van der Waals surface area (Å²) >= 11 is 0. The Bertz CT molecular complexity index is 433. The van der Waals surface area contributed by atoms with Crippen LogP contribution in [0.25, 0.3) is 5.65 Å². The molecule has 2 heterocycles. The van der Waals surface area contributed by atoms with Crippen LogP contribution in [0.2, 0.25) is 0 Å². The number of rotatable bonds is 3. The molecule has 0 unspecified atom stereocenters. The van der Waals surface area contributed by atoms with E-state index >= 15 is 0 Å². The largest absolute Gasteiger partial charge is 0.330 e. The van der Waals surface area contributed by atoms with E-state index in [9.17, 15) is 0 Å². The lowest BCUT2D eigenvalue weighted by atomic mass is 10.1. The SMILES string of the molecule is Cc1nnc2c(CCCN)cccn12. The van der Waals surface area contributed by atoms with E-state index in [0.29, 0.717) is 6.54 Å². The number of hydrogen-bond acceptors (Lipinski definition) is 3. The van der Waals surface area contributed by atoms with Gasteiger partial charge in [0.15, 0.2) is 5.65 Å². The number of nitrogens with two attached hydrogens (primary N) is 1. The highest BCUT2D eigenvalue weighted by Crippen LogP contribution is 2.11. The Kier molecular flexibility index (Phi) is 2.45. The summed E-state index contributed by atoms with van der Waals surface area (Å²) in [5, 5.41) is 8.19. The van der Waals surface area contributed by atoms with Crippen molar-refractivity contribution in [2.24, 2.45) is 5.73 Å². The molecule has 0 aliphatic carbocycles. The van der Waals surface area contributed by atoms with Crippen LogP contribution in [-0.2, 0) is 6.42 Å². The average molecular weight is 190 g/mol. The van der Waals surface area contributed by atoms with Crippen molar-refractivity contribution in [1.29, 1.82) is 0 Å². The molecular weight excluding hydrogens is 176 g/mol. The Morgan fingerprint density at radius 3 is 3.07 bits per heavy atom. The van der Waals surface area contributed by atoms with E-state index < -0.39 is 0 Å². The van der Waals surface area contributed by atoms with E-state index in [1.807, 2.05) is 23.6 Å². The first-order valence-corrected chi connectivity index (χ1v) is 4.82. The minimum Gasteiger partial charge on any atom is -0.330 e. The third-order valence-corrected chi connectivity index (χ3v) is 2.34.